The zero-order valence-corrected chi connectivity index (χ0v) is 14.4. The summed E-state index contributed by atoms with van der Waals surface area (Å²) >= 11 is 0. The zero-order chi connectivity index (χ0) is 12.3. The van der Waals surface area contributed by atoms with Crippen LogP contribution in [-0.2, 0) is 0 Å². The van der Waals surface area contributed by atoms with Gasteiger partial charge in [-0.25, -0.2) is 0 Å². The minimum absolute atomic E-state index is 0. The number of nitrogens with one attached hydrogen (secondary N) is 1. The second-order valence-corrected chi connectivity index (χ2v) is 5.97. The van der Waals surface area contributed by atoms with Gasteiger partial charge >= 0.3 is 0 Å². The molecular weight excluding hydrogens is 337 g/mol. The lowest BCUT2D eigenvalue weighted by atomic mass is 9.87. The average molecular weight is 365 g/mol. The summed E-state index contributed by atoms with van der Waals surface area (Å²) < 4.78 is 0. The molecule has 1 unspecified atom stereocenters. The van der Waals surface area contributed by atoms with Crippen LogP contribution in [-0.4, -0.2) is 37.0 Å². The average Bonchev–Trinajstić information content (AvgIpc) is 3.07. The van der Waals surface area contributed by atoms with Crippen LogP contribution >= 0.6 is 24.0 Å². The Morgan fingerprint density at radius 1 is 1.39 bits per heavy atom. The van der Waals surface area contributed by atoms with Crippen LogP contribution in [0.5, 0.6) is 0 Å². The van der Waals surface area contributed by atoms with Crippen LogP contribution in [0.2, 0.25) is 0 Å². The Morgan fingerprint density at radius 2 is 2.11 bits per heavy atom. The van der Waals surface area contributed by atoms with E-state index in [2.05, 4.69) is 31.0 Å². The fraction of sp³-hybridized carbons (Fsp3) is 0.929. The van der Waals surface area contributed by atoms with Gasteiger partial charge in [0.05, 0.1) is 0 Å². The Kier molecular flexibility index (Phi) is 6.21. The molecular formula is C14H28IN3. The smallest absolute Gasteiger partial charge is 0.193 e. The lowest BCUT2D eigenvalue weighted by molar-refractivity contribution is 0.322. The summed E-state index contributed by atoms with van der Waals surface area (Å²) in [6.45, 7) is 11.2. The van der Waals surface area contributed by atoms with Crippen LogP contribution in [0.25, 0.3) is 0 Å². The fourth-order valence-corrected chi connectivity index (χ4v) is 2.43. The normalized spacial score (nSPS) is 28.2. The van der Waals surface area contributed by atoms with Crippen molar-refractivity contribution in [2.45, 2.75) is 46.5 Å². The fourth-order valence-electron chi connectivity index (χ4n) is 2.43. The summed E-state index contributed by atoms with van der Waals surface area (Å²) in [4.78, 5) is 7.24. The third kappa shape index (κ3) is 4.28. The molecule has 1 heterocycles. The minimum Gasteiger partial charge on any atom is -0.357 e. The maximum absolute atomic E-state index is 4.79. The maximum atomic E-state index is 4.79. The van der Waals surface area contributed by atoms with Crippen LogP contribution in [0.3, 0.4) is 0 Å². The number of nitrogens with zero attached hydrogens (tertiary/aromatic N) is 2. The van der Waals surface area contributed by atoms with Gasteiger partial charge in [-0.2, -0.15) is 0 Å². The van der Waals surface area contributed by atoms with Gasteiger partial charge in [0.15, 0.2) is 5.96 Å². The highest BCUT2D eigenvalue weighted by atomic mass is 127. The molecule has 0 radical (unpaired) electrons. The summed E-state index contributed by atoms with van der Waals surface area (Å²) in [5.74, 6) is 2.03. The van der Waals surface area contributed by atoms with Crippen molar-refractivity contribution < 1.29 is 0 Å². The van der Waals surface area contributed by atoms with E-state index in [-0.39, 0.29) is 24.0 Å². The molecule has 3 nitrogen and oxygen atoms in total. The van der Waals surface area contributed by atoms with Crippen molar-refractivity contribution in [2.75, 3.05) is 26.2 Å². The van der Waals surface area contributed by atoms with E-state index >= 15 is 0 Å². The molecule has 18 heavy (non-hydrogen) atoms. The van der Waals surface area contributed by atoms with Gasteiger partial charge < -0.3 is 10.2 Å². The van der Waals surface area contributed by atoms with Crippen molar-refractivity contribution in [3.05, 3.63) is 0 Å². The number of rotatable bonds is 4. The van der Waals surface area contributed by atoms with E-state index in [0.717, 1.165) is 25.0 Å². The van der Waals surface area contributed by atoms with Crippen LogP contribution < -0.4 is 5.32 Å². The molecule has 1 aliphatic carbocycles. The lowest BCUT2D eigenvalue weighted by Crippen LogP contribution is -2.41. The molecule has 106 valence electrons. The zero-order valence-electron chi connectivity index (χ0n) is 12.0. The van der Waals surface area contributed by atoms with E-state index in [4.69, 9.17) is 4.99 Å². The third-order valence-corrected chi connectivity index (χ3v) is 4.24. The topological polar surface area (TPSA) is 27.6 Å². The van der Waals surface area contributed by atoms with Gasteiger partial charge in [-0.3, -0.25) is 4.99 Å². The number of guanidine groups is 1. The van der Waals surface area contributed by atoms with Crippen molar-refractivity contribution in [3.63, 3.8) is 0 Å². The number of aliphatic imine (C=N–C) groups is 1. The number of likely N-dealkylation sites (tertiary alicyclic amines) is 1. The highest BCUT2D eigenvalue weighted by molar-refractivity contribution is 14.0. The third-order valence-electron chi connectivity index (χ3n) is 4.24. The largest absolute Gasteiger partial charge is 0.357 e. The predicted molar refractivity (Wildman–Crippen MR) is 88.7 cm³/mol. The van der Waals surface area contributed by atoms with Gasteiger partial charge in [0.1, 0.15) is 0 Å². The first kappa shape index (κ1) is 16.1. The van der Waals surface area contributed by atoms with Gasteiger partial charge in [0, 0.05) is 26.2 Å². The highest BCUT2D eigenvalue weighted by Crippen LogP contribution is 2.33. The Morgan fingerprint density at radius 3 is 2.61 bits per heavy atom. The first-order valence-electron chi connectivity index (χ1n) is 7.20. The molecule has 0 aromatic heterocycles. The lowest BCUT2D eigenvalue weighted by Gasteiger charge is -2.25. The summed E-state index contributed by atoms with van der Waals surface area (Å²) in [7, 11) is 0. The molecule has 1 aliphatic heterocycles. The molecule has 0 spiro atoms. The van der Waals surface area contributed by atoms with Crippen molar-refractivity contribution in [1.29, 1.82) is 0 Å². The van der Waals surface area contributed by atoms with Crippen molar-refractivity contribution in [1.82, 2.24) is 10.2 Å². The van der Waals surface area contributed by atoms with Gasteiger partial charge in [-0.1, -0.05) is 13.8 Å². The summed E-state index contributed by atoms with van der Waals surface area (Å²) in [6.07, 6.45) is 5.34. The van der Waals surface area contributed by atoms with Gasteiger partial charge in [0.2, 0.25) is 0 Å². The Bertz CT molecular complexity index is 289. The summed E-state index contributed by atoms with van der Waals surface area (Å²) in [5, 5.41) is 3.45. The monoisotopic (exact) mass is 365 g/mol. The standard InChI is InChI=1S/C14H27N3.HI/c1-4-14(3)8-9-17(11-14)13(15-5-2)16-10-12-6-7-12;/h12H,4-11H2,1-3H3,(H,15,16);1H. The Labute approximate surface area is 129 Å². The molecule has 1 saturated heterocycles. The molecule has 1 N–H and O–H groups in total. The summed E-state index contributed by atoms with van der Waals surface area (Å²) in [6, 6.07) is 0. The van der Waals surface area contributed by atoms with E-state index < -0.39 is 0 Å². The Balaban J connectivity index is 0.00000162. The van der Waals surface area contributed by atoms with E-state index in [9.17, 15) is 0 Å². The molecule has 0 amide bonds. The Hall–Kier alpha value is 0. The summed E-state index contributed by atoms with van der Waals surface area (Å²) in [5.41, 5.74) is 0.496. The first-order valence-corrected chi connectivity index (χ1v) is 7.20. The molecule has 2 rings (SSSR count). The van der Waals surface area contributed by atoms with Crippen molar-refractivity contribution >= 4 is 29.9 Å². The molecule has 0 aromatic carbocycles. The molecule has 4 heteroatoms. The second-order valence-electron chi connectivity index (χ2n) is 5.97. The highest BCUT2D eigenvalue weighted by Gasteiger charge is 2.33. The van der Waals surface area contributed by atoms with Crippen molar-refractivity contribution in [3.8, 4) is 0 Å². The van der Waals surface area contributed by atoms with Gasteiger partial charge in [0.25, 0.3) is 0 Å². The molecule has 1 atom stereocenters. The number of halogens is 1. The van der Waals surface area contributed by atoms with E-state index in [1.807, 2.05) is 0 Å². The van der Waals surface area contributed by atoms with Gasteiger partial charge in [-0.15, -0.1) is 24.0 Å². The van der Waals surface area contributed by atoms with Crippen LogP contribution in [0.1, 0.15) is 46.5 Å². The molecule has 1 saturated carbocycles. The van der Waals surface area contributed by atoms with E-state index in [1.165, 1.54) is 38.8 Å². The van der Waals surface area contributed by atoms with Crippen LogP contribution in [0, 0.1) is 11.3 Å². The van der Waals surface area contributed by atoms with E-state index in [1.54, 1.807) is 0 Å². The number of hydrogen-bond donors (Lipinski definition) is 1. The van der Waals surface area contributed by atoms with Gasteiger partial charge in [-0.05, 0) is 43.9 Å². The number of hydrogen-bond acceptors (Lipinski definition) is 1. The SMILES string of the molecule is CCNC(=NCC1CC1)N1CCC(C)(CC)C1.I. The molecule has 2 fully saturated rings. The molecule has 2 aliphatic rings. The van der Waals surface area contributed by atoms with Crippen LogP contribution in [0.4, 0.5) is 0 Å². The van der Waals surface area contributed by atoms with Crippen LogP contribution in [0.15, 0.2) is 4.99 Å². The first-order chi connectivity index (χ1) is 8.17. The molecule has 0 bridgehead atoms. The van der Waals surface area contributed by atoms with Crippen molar-refractivity contribution in [2.24, 2.45) is 16.3 Å². The maximum Gasteiger partial charge on any atom is 0.193 e. The minimum atomic E-state index is 0. The second kappa shape index (κ2) is 6.96. The van der Waals surface area contributed by atoms with E-state index in [0.29, 0.717) is 5.41 Å². The quantitative estimate of drug-likeness (QED) is 0.471. The predicted octanol–water partition coefficient (Wildman–Crippen LogP) is 3.10. The molecule has 0 aromatic rings.